The highest BCUT2D eigenvalue weighted by atomic mass is 32.2. The lowest BCUT2D eigenvalue weighted by molar-refractivity contribution is -0.124. The normalized spacial score (nSPS) is 17.0. The molecule has 3 aromatic rings. The Kier molecular flexibility index (Phi) is 6.38. The topological polar surface area (TPSA) is 122 Å². The molecule has 1 aromatic heterocycles. The minimum Gasteiger partial charge on any atom is -0.342 e. The largest absolute Gasteiger partial charge is 0.342 e. The van der Waals surface area contributed by atoms with Gasteiger partial charge in [-0.15, -0.1) is 0 Å². The molecule has 0 bridgehead atoms. The summed E-state index contributed by atoms with van der Waals surface area (Å²) in [6, 6.07) is 12.9. The number of amides is 2. The fourth-order valence-electron chi connectivity index (χ4n) is 4.72. The van der Waals surface area contributed by atoms with Gasteiger partial charge in [0.05, 0.1) is 11.5 Å². The predicted molar refractivity (Wildman–Crippen MR) is 131 cm³/mol. The molecule has 182 valence electrons. The van der Waals surface area contributed by atoms with Crippen molar-refractivity contribution < 1.29 is 22.5 Å². The Hall–Kier alpha value is -3.53. The first-order valence-electron chi connectivity index (χ1n) is 11.7. The van der Waals surface area contributed by atoms with Crippen LogP contribution in [0.3, 0.4) is 0 Å². The maximum Gasteiger partial charge on any atom is 0.244 e. The van der Waals surface area contributed by atoms with Crippen molar-refractivity contribution in [3.63, 3.8) is 0 Å². The molecule has 1 aliphatic heterocycles. The van der Waals surface area contributed by atoms with Gasteiger partial charge in [-0.1, -0.05) is 11.2 Å². The molecule has 35 heavy (non-hydrogen) atoms. The lowest BCUT2D eigenvalue weighted by Crippen LogP contribution is -2.43. The molecular formula is C25H26N4O5S. The quantitative estimate of drug-likeness (QED) is 0.559. The number of fused-ring (bicyclic) bond motifs is 1. The summed E-state index contributed by atoms with van der Waals surface area (Å²) in [4.78, 5) is 32.0. The molecule has 9 nitrogen and oxygen atoms in total. The Morgan fingerprint density at radius 3 is 2.49 bits per heavy atom. The van der Waals surface area contributed by atoms with Gasteiger partial charge in [-0.05, 0) is 79.6 Å². The number of aryl methyl sites for hydroxylation is 2. The third-order valence-corrected chi connectivity index (χ3v) is 8.37. The minimum absolute atomic E-state index is 0.000354. The SMILES string of the molecule is O=C(CN(C(=O)C1CCS(=O)(=O)CC1)c1ccc2c(c1)CCC2)Nc1ccc(-c2ncon2)cc1. The molecule has 0 unspecified atom stereocenters. The summed E-state index contributed by atoms with van der Waals surface area (Å²) in [7, 11) is -3.10. The van der Waals surface area contributed by atoms with Crippen LogP contribution in [-0.4, -0.2) is 48.4 Å². The maximum absolute atomic E-state index is 13.5. The van der Waals surface area contributed by atoms with Crippen molar-refractivity contribution in [3.8, 4) is 11.4 Å². The van der Waals surface area contributed by atoms with E-state index in [0.29, 0.717) is 17.2 Å². The van der Waals surface area contributed by atoms with Gasteiger partial charge in [0.2, 0.25) is 24.0 Å². The highest BCUT2D eigenvalue weighted by molar-refractivity contribution is 7.91. The number of aromatic nitrogens is 2. The lowest BCUT2D eigenvalue weighted by atomic mass is 10.00. The summed E-state index contributed by atoms with van der Waals surface area (Å²) in [6.07, 6.45) is 4.85. The van der Waals surface area contributed by atoms with Gasteiger partial charge in [-0.2, -0.15) is 4.98 Å². The van der Waals surface area contributed by atoms with E-state index in [1.165, 1.54) is 22.4 Å². The number of carbonyl (C=O) groups excluding carboxylic acids is 2. The second kappa shape index (κ2) is 9.61. The van der Waals surface area contributed by atoms with Crippen LogP contribution in [0.2, 0.25) is 0 Å². The molecule has 0 radical (unpaired) electrons. The highest BCUT2D eigenvalue weighted by Gasteiger charge is 2.33. The monoisotopic (exact) mass is 494 g/mol. The predicted octanol–water partition coefficient (Wildman–Crippen LogP) is 3.02. The summed E-state index contributed by atoms with van der Waals surface area (Å²) in [6.45, 7) is -0.159. The van der Waals surface area contributed by atoms with E-state index in [1.807, 2.05) is 18.2 Å². The summed E-state index contributed by atoms with van der Waals surface area (Å²) in [5, 5.41) is 6.64. The number of hydrogen-bond donors (Lipinski definition) is 1. The first kappa shape index (κ1) is 23.2. The summed E-state index contributed by atoms with van der Waals surface area (Å²) in [5.74, 6) is -0.518. The third-order valence-electron chi connectivity index (χ3n) is 6.65. The van der Waals surface area contributed by atoms with E-state index in [2.05, 4.69) is 15.5 Å². The van der Waals surface area contributed by atoms with Crippen molar-refractivity contribution in [2.24, 2.45) is 5.92 Å². The molecule has 2 heterocycles. The van der Waals surface area contributed by atoms with Gasteiger partial charge in [-0.3, -0.25) is 9.59 Å². The van der Waals surface area contributed by atoms with Crippen molar-refractivity contribution in [1.82, 2.24) is 10.1 Å². The Balaban J connectivity index is 1.33. The van der Waals surface area contributed by atoms with Crippen LogP contribution >= 0.6 is 0 Å². The zero-order valence-corrected chi connectivity index (χ0v) is 20.0. The number of benzene rings is 2. The van der Waals surface area contributed by atoms with Gasteiger partial charge in [0, 0.05) is 22.9 Å². The van der Waals surface area contributed by atoms with Crippen LogP contribution in [0.15, 0.2) is 53.4 Å². The van der Waals surface area contributed by atoms with Gasteiger partial charge in [0.1, 0.15) is 16.4 Å². The number of sulfone groups is 1. The van der Waals surface area contributed by atoms with E-state index in [0.717, 1.165) is 24.8 Å². The average molecular weight is 495 g/mol. The smallest absolute Gasteiger partial charge is 0.244 e. The second-order valence-corrected chi connectivity index (χ2v) is 11.3. The van der Waals surface area contributed by atoms with Crippen LogP contribution in [0.4, 0.5) is 11.4 Å². The molecule has 1 saturated heterocycles. The number of nitrogens with zero attached hydrogens (tertiary/aromatic N) is 3. The summed E-state index contributed by atoms with van der Waals surface area (Å²) >= 11 is 0. The van der Waals surface area contributed by atoms with Crippen LogP contribution in [0.1, 0.15) is 30.4 Å². The summed E-state index contributed by atoms with van der Waals surface area (Å²) in [5.41, 5.74) is 4.47. The first-order valence-corrected chi connectivity index (χ1v) is 13.5. The van der Waals surface area contributed by atoms with E-state index in [4.69, 9.17) is 4.52 Å². The first-order chi connectivity index (χ1) is 16.9. The number of carbonyl (C=O) groups is 2. The molecule has 1 N–H and O–H groups in total. The zero-order chi connectivity index (χ0) is 24.4. The van der Waals surface area contributed by atoms with E-state index in [-0.39, 0.29) is 42.7 Å². The van der Waals surface area contributed by atoms with Crippen molar-refractivity contribution >= 4 is 33.0 Å². The number of hydrogen-bond acceptors (Lipinski definition) is 7. The second-order valence-electron chi connectivity index (χ2n) is 9.04. The van der Waals surface area contributed by atoms with Crippen LogP contribution in [0.5, 0.6) is 0 Å². The van der Waals surface area contributed by atoms with Gasteiger partial charge in [0.15, 0.2) is 0 Å². The molecule has 5 rings (SSSR count). The number of anilines is 2. The van der Waals surface area contributed by atoms with Crippen molar-refractivity contribution in [2.75, 3.05) is 28.3 Å². The van der Waals surface area contributed by atoms with Crippen LogP contribution < -0.4 is 10.2 Å². The molecule has 0 saturated carbocycles. The fraction of sp³-hybridized carbons (Fsp3) is 0.360. The third kappa shape index (κ3) is 5.27. The summed E-state index contributed by atoms with van der Waals surface area (Å²) < 4.78 is 28.5. The van der Waals surface area contributed by atoms with Gasteiger partial charge < -0.3 is 14.7 Å². The van der Waals surface area contributed by atoms with Gasteiger partial charge in [0.25, 0.3) is 0 Å². The van der Waals surface area contributed by atoms with E-state index < -0.39 is 15.8 Å². The average Bonchev–Trinajstić information content (AvgIpc) is 3.54. The van der Waals surface area contributed by atoms with Gasteiger partial charge >= 0.3 is 0 Å². The minimum atomic E-state index is -3.10. The molecule has 1 aliphatic carbocycles. The molecular weight excluding hydrogens is 468 g/mol. The standard InChI is InChI=1S/C25H26N4O5S/c30-23(27-21-7-4-18(5-8-21)24-26-16-34-28-24)15-29(22-9-6-17-2-1-3-20(17)14-22)25(31)19-10-12-35(32,33)13-11-19/h4-9,14,16,19H,1-3,10-13,15H2,(H,27,30). The molecule has 0 atom stereocenters. The molecule has 10 heteroatoms. The molecule has 2 aromatic carbocycles. The van der Waals surface area contributed by atoms with Crippen molar-refractivity contribution in [2.45, 2.75) is 32.1 Å². The molecule has 1 fully saturated rings. The zero-order valence-electron chi connectivity index (χ0n) is 19.1. The lowest BCUT2D eigenvalue weighted by Gasteiger charge is -2.29. The van der Waals surface area contributed by atoms with E-state index >= 15 is 0 Å². The number of nitrogens with one attached hydrogen (secondary N) is 1. The van der Waals surface area contributed by atoms with E-state index in [9.17, 15) is 18.0 Å². The fourth-order valence-corrected chi connectivity index (χ4v) is 6.22. The Labute approximate surface area is 203 Å². The Morgan fingerprint density at radius 2 is 1.77 bits per heavy atom. The van der Waals surface area contributed by atoms with Crippen LogP contribution in [-0.2, 0) is 32.3 Å². The maximum atomic E-state index is 13.5. The van der Waals surface area contributed by atoms with E-state index in [1.54, 1.807) is 24.3 Å². The Morgan fingerprint density at radius 1 is 1.03 bits per heavy atom. The van der Waals surface area contributed by atoms with Crippen molar-refractivity contribution in [3.05, 3.63) is 60.0 Å². The Bertz CT molecular complexity index is 1320. The van der Waals surface area contributed by atoms with Crippen molar-refractivity contribution in [1.29, 1.82) is 0 Å². The van der Waals surface area contributed by atoms with Crippen LogP contribution in [0, 0.1) is 5.92 Å². The molecule has 0 spiro atoms. The highest BCUT2D eigenvalue weighted by Crippen LogP contribution is 2.29. The molecule has 2 aliphatic rings. The van der Waals surface area contributed by atoms with Gasteiger partial charge in [-0.25, -0.2) is 8.42 Å². The molecule has 2 amide bonds. The number of rotatable bonds is 6. The van der Waals surface area contributed by atoms with Crippen LogP contribution in [0.25, 0.3) is 11.4 Å².